The zero-order valence-corrected chi connectivity index (χ0v) is 15.8. The van der Waals surface area contributed by atoms with Crippen molar-refractivity contribution in [2.75, 3.05) is 26.2 Å². The average Bonchev–Trinajstić information content (AvgIpc) is 3.21. The molecule has 1 aliphatic heterocycles. The highest BCUT2D eigenvalue weighted by atomic mass is 16.5. The lowest BCUT2D eigenvalue weighted by atomic mass is 10.1. The molecule has 0 spiro atoms. The van der Waals surface area contributed by atoms with E-state index in [-0.39, 0.29) is 0 Å². The summed E-state index contributed by atoms with van der Waals surface area (Å²) in [6.07, 6.45) is 6.26. The van der Waals surface area contributed by atoms with Crippen LogP contribution in [0.25, 0.3) is 5.69 Å². The first-order valence-electron chi connectivity index (χ1n) is 9.54. The lowest BCUT2D eigenvalue weighted by Crippen LogP contribution is -2.47. The maximum atomic E-state index is 5.75. The molecule has 1 aliphatic rings. The number of likely N-dealkylation sites (tertiary alicyclic amines) is 1. The van der Waals surface area contributed by atoms with Crippen LogP contribution in [0.4, 0.5) is 0 Å². The van der Waals surface area contributed by atoms with Gasteiger partial charge in [-0.05, 0) is 50.5 Å². The predicted molar refractivity (Wildman–Crippen MR) is 105 cm³/mol. The molecule has 1 aromatic heterocycles. The number of hydrogen-bond donors (Lipinski definition) is 1. The summed E-state index contributed by atoms with van der Waals surface area (Å²) >= 11 is 0. The van der Waals surface area contributed by atoms with Crippen LogP contribution in [0, 0.1) is 0 Å². The van der Waals surface area contributed by atoms with Gasteiger partial charge in [-0.1, -0.05) is 12.1 Å². The topological polar surface area (TPSA) is 54.7 Å². The van der Waals surface area contributed by atoms with Gasteiger partial charge in [-0.2, -0.15) is 5.10 Å². The Bertz CT molecular complexity index is 690. The molecule has 1 aromatic carbocycles. The third-order valence-electron chi connectivity index (χ3n) is 4.57. The van der Waals surface area contributed by atoms with Crippen molar-refractivity contribution in [2.24, 2.45) is 4.99 Å². The van der Waals surface area contributed by atoms with Crippen molar-refractivity contribution >= 4 is 5.96 Å². The van der Waals surface area contributed by atoms with Crippen molar-refractivity contribution in [3.8, 4) is 5.69 Å². The van der Waals surface area contributed by atoms with Crippen LogP contribution in [-0.2, 0) is 11.3 Å². The molecule has 6 heteroatoms. The van der Waals surface area contributed by atoms with Gasteiger partial charge >= 0.3 is 0 Å². The number of piperidine rings is 1. The molecule has 0 atom stereocenters. The normalized spacial score (nSPS) is 16.1. The lowest BCUT2D eigenvalue weighted by molar-refractivity contribution is 0.0263. The van der Waals surface area contributed by atoms with Gasteiger partial charge in [-0.25, -0.2) is 9.67 Å². The highest BCUT2D eigenvalue weighted by Gasteiger charge is 2.21. The van der Waals surface area contributed by atoms with Crippen molar-refractivity contribution in [3.63, 3.8) is 0 Å². The quantitative estimate of drug-likeness (QED) is 0.639. The standard InChI is InChI=1S/C20H29N5O/c1-3-21-20(24-13-9-19(10-14-24)26-4-2)22-16-17-7-5-8-18(15-17)25-12-6-11-23-25/h5-8,11-12,15,19H,3-4,9-10,13-14,16H2,1-2H3,(H,21,22). The molecule has 26 heavy (non-hydrogen) atoms. The van der Waals surface area contributed by atoms with Gasteiger partial charge in [0.15, 0.2) is 5.96 Å². The second-order valence-electron chi connectivity index (χ2n) is 6.43. The molecule has 6 nitrogen and oxygen atoms in total. The summed E-state index contributed by atoms with van der Waals surface area (Å²) in [7, 11) is 0. The molecule has 0 aliphatic carbocycles. The molecule has 140 valence electrons. The minimum atomic E-state index is 0.393. The Hall–Kier alpha value is -2.34. The van der Waals surface area contributed by atoms with Crippen LogP contribution in [0.3, 0.4) is 0 Å². The van der Waals surface area contributed by atoms with Gasteiger partial charge in [0, 0.05) is 38.6 Å². The van der Waals surface area contributed by atoms with E-state index in [1.54, 1.807) is 6.20 Å². The summed E-state index contributed by atoms with van der Waals surface area (Å²) < 4.78 is 7.63. The van der Waals surface area contributed by atoms with Crippen molar-refractivity contribution in [2.45, 2.75) is 39.3 Å². The van der Waals surface area contributed by atoms with Crippen LogP contribution in [0.5, 0.6) is 0 Å². The molecule has 0 amide bonds. The third kappa shape index (κ3) is 4.85. The predicted octanol–water partition coefficient (Wildman–Crippen LogP) is 2.84. The zero-order valence-electron chi connectivity index (χ0n) is 15.8. The van der Waals surface area contributed by atoms with Crippen molar-refractivity contribution < 1.29 is 4.74 Å². The number of rotatable bonds is 6. The van der Waals surface area contributed by atoms with Crippen LogP contribution >= 0.6 is 0 Å². The highest BCUT2D eigenvalue weighted by Crippen LogP contribution is 2.15. The molecule has 2 heterocycles. The second kappa shape index (κ2) is 9.38. The summed E-state index contributed by atoms with van der Waals surface area (Å²) in [4.78, 5) is 7.21. The van der Waals surface area contributed by atoms with E-state index in [0.29, 0.717) is 12.6 Å². The number of nitrogens with zero attached hydrogens (tertiary/aromatic N) is 4. The molecular weight excluding hydrogens is 326 g/mol. The maximum Gasteiger partial charge on any atom is 0.194 e. The molecule has 2 aromatic rings. The largest absolute Gasteiger partial charge is 0.378 e. The molecule has 0 bridgehead atoms. The lowest BCUT2D eigenvalue weighted by Gasteiger charge is -2.34. The first kappa shape index (κ1) is 18.5. The van der Waals surface area contributed by atoms with Crippen molar-refractivity contribution in [1.82, 2.24) is 20.0 Å². The molecule has 1 N–H and O–H groups in total. The molecule has 0 saturated carbocycles. The van der Waals surface area contributed by atoms with Crippen LogP contribution in [-0.4, -0.2) is 53.0 Å². The zero-order chi connectivity index (χ0) is 18.2. The fraction of sp³-hybridized carbons (Fsp3) is 0.500. The Morgan fingerprint density at radius 2 is 2.12 bits per heavy atom. The van der Waals surface area contributed by atoms with E-state index in [0.717, 1.165) is 50.7 Å². The van der Waals surface area contributed by atoms with Crippen LogP contribution in [0.1, 0.15) is 32.3 Å². The molecule has 0 unspecified atom stereocenters. The Labute approximate surface area is 155 Å². The molecule has 3 rings (SSSR count). The number of nitrogens with one attached hydrogen (secondary N) is 1. The third-order valence-corrected chi connectivity index (χ3v) is 4.57. The average molecular weight is 355 g/mol. The van der Waals surface area contributed by atoms with E-state index < -0.39 is 0 Å². The van der Waals surface area contributed by atoms with E-state index >= 15 is 0 Å². The van der Waals surface area contributed by atoms with E-state index in [2.05, 4.69) is 53.4 Å². The molecular formula is C20H29N5O. The monoisotopic (exact) mass is 355 g/mol. The smallest absolute Gasteiger partial charge is 0.194 e. The first-order chi connectivity index (χ1) is 12.8. The van der Waals surface area contributed by atoms with Gasteiger partial charge in [-0.3, -0.25) is 0 Å². The van der Waals surface area contributed by atoms with E-state index in [4.69, 9.17) is 9.73 Å². The van der Waals surface area contributed by atoms with Gasteiger partial charge in [0.25, 0.3) is 0 Å². The summed E-state index contributed by atoms with van der Waals surface area (Å²) in [6.45, 7) is 8.48. The van der Waals surface area contributed by atoms with Gasteiger partial charge in [-0.15, -0.1) is 0 Å². The Balaban J connectivity index is 1.65. The van der Waals surface area contributed by atoms with Gasteiger partial charge in [0.1, 0.15) is 0 Å². The summed E-state index contributed by atoms with van der Waals surface area (Å²) in [6, 6.07) is 10.3. The number of aliphatic imine (C=N–C) groups is 1. The molecule has 0 radical (unpaired) electrons. The van der Waals surface area contributed by atoms with E-state index in [1.165, 1.54) is 5.56 Å². The number of aromatic nitrogens is 2. The second-order valence-corrected chi connectivity index (χ2v) is 6.43. The fourth-order valence-corrected chi connectivity index (χ4v) is 3.28. The first-order valence-corrected chi connectivity index (χ1v) is 9.54. The molecule has 1 saturated heterocycles. The Morgan fingerprint density at radius 3 is 2.81 bits per heavy atom. The number of ether oxygens (including phenoxy) is 1. The van der Waals surface area contributed by atoms with Gasteiger partial charge < -0.3 is 15.0 Å². The minimum absolute atomic E-state index is 0.393. The van der Waals surface area contributed by atoms with Crippen LogP contribution in [0.2, 0.25) is 0 Å². The van der Waals surface area contributed by atoms with Gasteiger partial charge in [0.05, 0.1) is 18.3 Å². The Kier molecular flexibility index (Phi) is 6.66. The van der Waals surface area contributed by atoms with E-state index in [9.17, 15) is 0 Å². The summed E-state index contributed by atoms with van der Waals surface area (Å²) in [5.41, 5.74) is 2.24. The minimum Gasteiger partial charge on any atom is -0.378 e. The summed E-state index contributed by atoms with van der Waals surface area (Å²) in [5, 5.41) is 7.73. The number of hydrogen-bond acceptors (Lipinski definition) is 3. The SMILES string of the molecule is CCNC(=NCc1cccc(-n2cccn2)c1)N1CCC(OCC)CC1. The van der Waals surface area contributed by atoms with E-state index in [1.807, 2.05) is 16.9 Å². The summed E-state index contributed by atoms with van der Waals surface area (Å²) in [5.74, 6) is 0.993. The number of guanidine groups is 1. The van der Waals surface area contributed by atoms with Crippen molar-refractivity contribution in [1.29, 1.82) is 0 Å². The highest BCUT2D eigenvalue weighted by molar-refractivity contribution is 5.80. The number of benzene rings is 1. The van der Waals surface area contributed by atoms with Gasteiger partial charge in [0.2, 0.25) is 0 Å². The Morgan fingerprint density at radius 1 is 1.27 bits per heavy atom. The molecule has 1 fully saturated rings. The van der Waals surface area contributed by atoms with Crippen molar-refractivity contribution in [3.05, 3.63) is 48.3 Å². The maximum absolute atomic E-state index is 5.75. The van der Waals surface area contributed by atoms with Crippen LogP contribution in [0.15, 0.2) is 47.7 Å². The fourth-order valence-electron chi connectivity index (χ4n) is 3.28. The van der Waals surface area contributed by atoms with Crippen LogP contribution < -0.4 is 5.32 Å².